The summed E-state index contributed by atoms with van der Waals surface area (Å²) < 4.78 is 2.19. The summed E-state index contributed by atoms with van der Waals surface area (Å²) in [5.41, 5.74) is 5.37. The van der Waals surface area contributed by atoms with Crippen LogP contribution in [0.3, 0.4) is 0 Å². The Kier molecular flexibility index (Phi) is 6.31. The molecule has 0 bridgehead atoms. The summed E-state index contributed by atoms with van der Waals surface area (Å²) in [5.74, 6) is 0.994. The first-order valence-corrected chi connectivity index (χ1v) is 12.3. The van der Waals surface area contributed by atoms with Crippen molar-refractivity contribution in [2.24, 2.45) is 0 Å². The normalized spacial score (nSPS) is 18.1. The van der Waals surface area contributed by atoms with E-state index in [0.717, 1.165) is 68.2 Å². The lowest BCUT2D eigenvalue weighted by Gasteiger charge is -2.35. The third-order valence-corrected chi connectivity index (χ3v) is 6.91. The number of carbonyl (C=O) groups excluding carboxylic acids is 1. The number of carbonyl (C=O) groups is 1. The maximum absolute atomic E-state index is 12.7. The minimum atomic E-state index is 0.105. The van der Waals surface area contributed by atoms with Crippen LogP contribution in [0.5, 0.6) is 0 Å². The Hall–Kier alpha value is -2.93. The molecule has 1 N–H and O–H groups in total. The van der Waals surface area contributed by atoms with E-state index < -0.39 is 0 Å². The molecule has 2 aliphatic rings. The number of rotatable bonds is 4. The van der Waals surface area contributed by atoms with E-state index in [1.54, 1.807) is 0 Å². The van der Waals surface area contributed by atoms with E-state index >= 15 is 0 Å². The second kappa shape index (κ2) is 9.51. The summed E-state index contributed by atoms with van der Waals surface area (Å²) in [5, 5.41) is 3.26. The van der Waals surface area contributed by atoms with Crippen LogP contribution in [0.4, 0.5) is 4.79 Å². The fourth-order valence-electron chi connectivity index (χ4n) is 5.24. The lowest BCUT2D eigenvalue weighted by Crippen LogP contribution is -2.53. The summed E-state index contributed by atoms with van der Waals surface area (Å²) in [6.45, 7) is 8.19. The number of benzene rings is 1. The van der Waals surface area contributed by atoms with E-state index in [4.69, 9.17) is 4.98 Å². The zero-order valence-electron chi connectivity index (χ0n) is 19.8. The fourth-order valence-corrected chi connectivity index (χ4v) is 5.24. The van der Waals surface area contributed by atoms with Gasteiger partial charge in [0.1, 0.15) is 11.3 Å². The number of hydrogen-bond donors (Lipinski definition) is 1. The first-order valence-electron chi connectivity index (χ1n) is 12.3. The standard InChI is InChI=1S/C26H34N6O/c1-19-15-20(2)17-22(16-19)32-24(29-23-9-6-10-27-25(23)32)18-30-11-13-31(14-12-30)26(33)28-21-7-4-3-5-8-21/h6,9-10,15-17,21H,3-5,7-8,11-14,18H2,1-2H3,(H,28,33). The number of piperazine rings is 1. The predicted molar refractivity (Wildman–Crippen MR) is 131 cm³/mol. The van der Waals surface area contributed by atoms with Crippen molar-refractivity contribution in [1.29, 1.82) is 0 Å². The number of aryl methyl sites for hydroxylation is 2. The van der Waals surface area contributed by atoms with Crippen molar-refractivity contribution in [2.45, 2.75) is 58.5 Å². The van der Waals surface area contributed by atoms with E-state index in [1.807, 2.05) is 23.2 Å². The molecule has 0 unspecified atom stereocenters. The topological polar surface area (TPSA) is 66.3 Å². The molecule has 2 amide bonds. The van der Waals surface area contributed by atoms with Crippen LogP contribution in [0.15, 0.2) is 36.5 Å². The predicted octanol–water partition coefficient (Wildman–Crippen LogP) is 4.20. The van der Waals surface area contributed by atoms with Crippen LogP contribution in [0.2, 0.25) is 0 Å². The number of hydrogen-bond acceptors (Lipinski definition) is 4. The van der Waals surface area contributed by atoms with Gasteiger partial charge in [-0.3, -0.25) is 9.47 Å². The molecule has 0 spiro atoms. The van der Waals surface area contributed by atoms with Gasteiger partial charge in [-0.1, -0.05) is 25.3 Å². The molecule has 33 heavy (non-hydrogen) atoms. The molecular weight excluding hydrogens is 412 g/mol. The molecular formula is C26H34N6O. The Labute approximate surface area is 195 Å². The number of fused-ring (bicyclic) bond motifs is 1. The van der Waals surface area contributed by atoms with Gasteiger partial charge in [0.25, 0.3) is 0 Å². The highest BCUT2D eigenvalue weighted by Gasteiger charge is 2.25. The van der Waals surface area contributed by atoms with Gasteiger partial charge in [0, 0.05) is 44.1 Å². The Morgan fingerprint density at radius 1 is 1.03 bits per heavy atom. The molecule has 2 aromatic heterocycles. The van der Waals surface area contributed by atoms with Crippen molar-refractivity contribution in [3.05, 3.63) is 53.5 Å². The highest BCUT2D eigenvalue weighted by molar-refractivity contribution is 5.75. The number of pyridine rings is 1. The van der Waals surface area contributed by atoms with Crippen LogP contribution >= 0.6 is 0 Å². The average Bonchev–Trinajstić information content (AvgIpc) is 3.17. The first kappa shape index (κ1) is 21.9. The molecule has 174 valence electrons. The molecule has 3 aromatic rings. The van der Waals surface area contributed by atoms with E-state index in [0.29, 0.717) is 6.04 Å². The van der Waals surface area contributed by atoms with Gasteiger partial charge in [0.05, 0.1) is 6.54 Å². The van der Waals surface area contributed by atoms with Crippen LogP contribution in [-0.4, -0.2) is 62.6 Å². The van der Waals surface area contributed by atoms with Gasteiger partial charge >= 0.3 is 6.03 Å². The van der Waals surface area contributed by atoms with Crippen LogP contribution in [0.1, 0.15) is 49.1 Å². The summed E-state index contributed by atoms with van der Waals surface area (Å²) in [7, 11) is 0. The Bertz CT molecular complexity index is 1100. The summed E-state index contributed by atoms with van der Waals surface area (Å²) in [6, 6.07) is 11.0. The number of imidazole rings is 1. The summed E-state index contributed by atoms with van der Waals surface area (Å²) in [4.78, 5) is 26.7. The van der Waals surface area contributed by atoms with Crippen LogP contribution in [0.25, 0.3) is 16.9 Å². The molecule has 0 atom stereocenters. The molecule has 2 fully saturated rings. The quantitative estimate of drug-likeness (QED) is 0.652. The van der Waals surface area contributed by atoms with Gasteiger partial charge in [-0.15, -0.1) is 0 Å². The largest absolute Gasteiger partial charge is 0.335 e. The third kappa shape index (κ3) is 4.88. The molecule has 7 heteroatoms. The minimum absolute atomic E-state index is 0.105. The average molecular weight is 447 g/mol. The highest BCUT2D eigenvalue weighted by Crippen LogP contribution is 2.23. The van der Waals surface area contributed by atoms with Gasteiger partial charge in [-0.25, -0.2) is 14.8 Å². The summed E-state index contributed by atoms with van der Waals surface area (Å²) >= 11 is 0. The lowest BCUT2D eigenvalue weighted by molar-refractivity contribution is 0.130. The molecule has 5 rings (SSSR count). The van der Waals surface area contributed by atoms with Gasteiger partial charge in [0.2, 0.25) is 0 Å². The third-order valence-electron chi connectivity index (χ3n) is 6.91. The molecule has 1 saturated heterocycles. The number of nitrogens with zero attached hydrogens (tertiary/aromatic N) is 5. The molecule has 1 aliphatic heterocycles. The number of amides is 2. The summed E-state index contributed by atoms with van der Waals surface area (Å²) in [6.07, 6.45) is 7.83. The monoisotopic (exact) mass is 446 g/mol. The van der Waals surface area contributed by atoms with Crippen molar-refractivity contribution >= 4 is 17.2 Å². The number of aromatic nitrogens is 3. The second-order valence-corrected chi connectivity index (χ2v) is 9.60. The smallest absolute Gasteiger partial charge is 0.317 e. The van der Waals surface area contributed by atoms with E-state index in [9.17, 15) is 4.79 Å². The number of urea groups is 1. The van der Waals surface area contributed by atoms with Crippen molar-refractivity contribution < 1.29 is 4.79 Å². The molecule has 1 saturated carbocycles. The minimum Gasteiger partial charge on any atom is -0.335 e. The first-order chi connectivity index (χ1) is 16.1. The van der Waals surface area contributed by atoms with Crippen LogP contribution in [0, 0.1) is 13.8 Å². The lowest BCUT2D eigenvalue weighted by atomic mass is 9.96. The van der Waals surface area contributed by atoms with Gasteiger partial charge in [-0.05, 0) is 62.1 Å². The van der Waals surface area contributed by atoms with Crippen molar-refractivity contribution in [3.8, 4) is 5.69 Å². The highest BCUT2D eigenvalue weighted by atomic mass is 16.2. The molecule has 1 aliphatic carbocycles. The maximum atomic E-state index is 12.7. The van der Waals surface area contributed by atoms with Crippen LogP contribution in [-0.2, 0) is 6.54 Å². The second-order valence-electron chi connectivity index (χ2n) is 9.60. The van der Waals surface area contributed by atoms with Crippen molar-refractivity contribution in [2.75, 3.05) is 26.2 Å². The SMILES string of the molecule is Cc1cc(C)cc(-n2c(CN3CCN(C(=O)NC4CCCCC4)CC3)nc3cccnc32)c1. The Morgan fingerprint density at radius 3 is 2.48 bits per heavy atom. The Balaban J connectivity index is 1.30. The zero-order chi connectivity index (χ0) is 22.8. The molecule has 7 nitrogen and oxygen atoms in total. The van der Waals surface area contributed by atoms with Crippen molar-refractivity contribution in [3.63, 3.8) is 0 Å². The Morgan fingerprint density at radius 2 is 1.76 bits per heavy atom. The van der Waals surface area contributed by atoms with Gasteiger partial charge in [-0.2, -0.15) is 0 Å². The van der Waals surface area contributed by atoms with Crippen molar-refractivity contribution in [1.82, 2.24) is 29.7 Å². The van der Waals surface area contributed by atoms with E-state index in [-0.39, 0.29) is 6.03 Å². The number of nitrogens with one attached hydrogen (secondary N) is 1. The molecule has 3 heterocycles. The molecule has 1 aromatic carbocycles. The van der Waals surface area contributed by atoms with Gasteiger partial charge in [0.15, 0.2) is 5.65 Å². The molecule has 0 radical (unpaired) electrons. The van der Waals surface area contributed by atoms with E-state index in [1.165, 1.54) is 30.4 Å². The fraction of sp³-hybridized carbons (Fsp3) is 0.500. The zero-order valence-corrected chi connectivity index (χ0v) is 19.8. The van der Waals surface area contributed by atoms with Gasteiger partial charge < -0.3 is 10.2 Å². The van der Waals surface area contributed by atoms with Crippen LogP contribution < -0.4 is 5.32 Å². The maximum Gasteiger partial charge on any atom is 0.317 e. The van der Waals surface area contributed by atoms with E-state index in [2.05, 4.69) is 51.8 Å².